The summed E-state index contributed by atoms with van der Waals surface area (Å²) in [5.74, 6) is -0.365. The number of rotatable bonds is 5. The Kier molecular flexibility index (Phi) is 5.44. The van der Waals surface area contributed by atoms with E-state index in [0.717, 1.165) is 0 Å². The van der Waals surface area contributed by atoms with E-state index < -0.39 is 11.7 Å². The first-order chi connectivity index (χ1) is 15.0. The van der Waals surface area contributed by atoms with Gasteiger partial charge in [-0.15, -0.1) is 0 Å². The number of benzene rings is 2. The van der Waals surface area contributed by atoms with Crippen molar-refractivity contribution in [3.8, 4) is 11.4 Å². The molecule has 0 saturated heterocycles. The number of anilines is 1. The van der Waals surface area contributed by atoms with Gasteiger partial charge in [-0.2, -0.15) is 0 Å². The zero-order valence-electron chi connectivity index (χ0n) is 16.9. The molecule has 0 aliphatic rings. The number of halogens is 1. The van der Waals surface area contributed by atoms with E-state index in [-0.39, 0.29) is 16.8 Å². The van der Waals surface area contributed by atoms with E-state index in [4.69, 9.17) is 4.74 Å². The van der Waals surface area contributed by atoms with E-state index in [0.29, 0.717) is 34.9 Å². The number of amides is 1. The van der Waals surface area contributed by atoms with Gasteiger partial charge in [0.2, 0.25) is 0 Å². The lowest BCUT2D eigenvalue weighted by Gasteiger charge is -2.14. The minimum atomic E-state index is -0.632. The van der Waals surface area contributed by atoms with Gasteiger partial charge in [0.15, 0.2) is 5.65 Å². The Morgan fingerprint density at radius 3 is 2.77 bits per heavy atom. The second-order valence-corrected chi connectivity index (χ2v) is 6.72. The van der Waals surface area contributed by atoms with Crippen molar-refractivity contribution in [2.45, 2.75) is 13.8 Å². The lowest BCUT2D eigenvalue weighted by Crippen LogP contribution is -2.23. The number of aromatic nitrogens is 3. The van der Waals surface area contributed by atoms with Crippen LogP contribution in [0.2, 0.25) is 0 Å². The van der Waals surface area contributed by atoms with Crippen molar-refractivity contribution < 1.29 is 13.9 Å². The zero-order chi connectivity index (χ0) is 22.0. The number of hydrogen-bond donors (Lipinski definition) is 1. The fraction of sp³-hybridized carbons (Fsp3) is 0.130. The van der Waals surface area contributed by atoms with E-state index in [1.165, 1.54) is 22.8 Å². The van der Waals surface area contributed by atoms with Crippen molar-refractivity contribution in [3.05, 3.63) is 88.4 Å². The Morgan fingerprint density at radius 1 is 1.16 bits per heavy atom. The van der Waals surface area contributed by atoms with Gasteiger partial charge in [0.25, 0.3) is 11.5 Å². The fourth-order valence-corrected chi connectivity index (χ4v) is 3.30. The van der Waals surface area contributed by atoms with Gasteiger partial charge in [0, 0.05) is 6.20 Å². The highest BCUT2D eigenvalue weighted by atomic mass is 19.1. The summed E-state index contributed by atoms with van der Waals surface area (Å²) in [6, 6.07) is 14.0. The molecule has 2 aromatic heterocycles. The number of aryl methyl sites for hydroxylation is 1. The number of ether oxygens (including phenoxy) is 1. The quantitative estimate of drug-likeness (QED) is 0.532. The first-order valence-corrected chi connectivity index (χ1v) is 9.67. The minimum Gasteiger partial charge on any atom is -0.493 e. The second-order valence-electron chi connectivity index (χ2n) is 6.72. The van der Waals surface area contributed by atoms with E-state index in [1.54, 1.807) is 49.5 Å². The molecule has 7 nitrogen and oxygen atoms in total. The molecule has 0 radical (unpaired) electrons. The average Bonchev–Trinajstić information content (AvgIpc) is 2.76. The molecule has 31 heavy (non-hydrogen) atoms. The molecule has 2 aromatic carbocycles. The summed E-state index contributed by atoms with van der Waals surface area (Å²) < 4.78 is 21.3. The normalized spacial score (nSPS) is 10.8. The van der Waals surface area contributed by atoms with Gasteiger partial charge in [-0.25, -0.2) is 14.4 Å². The SMILES string of the molecule is CCOc1ccccc1C(=O)Nc1cc(-n2c(C)nc3ncccc3c2=O)ccc1F. The number of pyridine rings is 1. The van der Waals surface area contributed by atoms with Crippen LogP contribution in [0, 0.1) is 12.7 Å². The molecule has 4 rings (SSSR count). The van der Waals surface area contributed by atoms with Crippen LogP contribution in [0.5, 0.6) is 5.75 Å². The molecular formula is C23H19FN4O3. The fourth-order valence-electron chi connectivity index (χ4n) is 3.30. The van der Waals surface area contributed by atoms with Gasteiger partial charge in [-0.3, -0.25) is 14.2 Å². The number of nitrogens with one attached hydrogen (secondary N) is 1. The molecule has 0 aliphatic heterocycles. The average molecular weight is 418 g/mol. The summed E-state index contributed by atoms with van der Waals surface area (Å²) in [5.41, 5.74) is 0.591. The number of nitrogens with zero attached hydrogens (tertiary/aromatic N) is 3. The maximum absolute atomic E-state index is 14.5. The molecule has 0 bridgehead atoms. The Morgan fingerprint density at radius 2 is 1.97 bits per heavy atom. The summed E-state index contributed by atoms with van der Waals surface area (Å²) in [5, 5.41) is 2.91. The molecular weight excluding hydrogens is 399 g/mol. The molecule has 4 aromatic rings. The highest BCUT2D eigenvalue weighted by molar-refractivity contribution is 6.06. The third-order valence-electron chi connectivity index (χ3n) is 4.70. The van der Waals surface area contributed by atoms with Crippen molar-refractivity contribution >= 4 is 22.6 Å². The van der Waals surface area contributed by atoms with Gasteiger partial charge in [0.1, 0.15) is 17.4 Å². The number of fused-ring (bicyclic) bond motifs is 1. The molecule has 0 fully saturated rings. The van der Waals surface area contributed by atoms with Crippen molar-refractivity contribution in [1.82, 2.24) is 14.5 Å². The van der Waals surface area contributed by atoms with Gasteiger partial charge in [-0.1, -0.05) is 12.1 Å². The smallest absolute Gasteiger partial charge is 0.267 e. The summed E-state index contributed by atoms with van der Waals surface area (Å²) in [6.07, 6.45) is 1.56. The van der Waals surface area contributed by atoms with Crippen LogP contribution < -0.4 is 15.6 Å². The highest BCUT2D eigenvalue weighted by Gasteiger charge is 2.16. The first kappa shape index (κ1) is 20.2. The van der Waals surface area contributed by atoms with Crippen LogP contribution in [0.1, 0.15) is 23.1 Å². The maximum atomic E-state index is 14.5. The number of carbonyl (C=O) groups excluding carboxylic acids is 1. The van der Waals surface area contributed by atoms with Crippen molar-refractivity contribution in [1.29, 1.82) is 0 Å². The second kappa shape index (κ2) is 8.35. The number of para-hydroxylation sites is 1. The molecule has 0 aliphatic carbocycles. The third-order valence-corrected chi connectivity index (χ3v) is 4.70. The Hall–Kier alpha value is -4.07. The van der Waals surface area contributed by atoms with Crippen LogP contribution in [-0.4, -0.2) is 27.0 Å². The van der Waals surface area contributed by atoms with Crippen LogP contribution in [0.3, 0.4) is 0 Å². The summed E-state index contributed by atoms with van der Waals surface area (Å²) in [4.78, 5) is 34.2. The van der Waals surface area contributed by atoms with Crippen molar-refractivity contribution in [2.75, 3.05) is 11.9 Å². The molecule has 1 N–H and O–H groups in total. The zero-order valence-corrected chi connectivity index (χ0v) is 16.9. The van der Waals surface area contributed by atoms with E-state index in [9.17, 15) is 14.0 Å². The van der Waals surface area contributed by atoms with E-state index in [2.05, 4.69) is 15.3 Å². The maximum Gasteiger partial charge on any atom is 0.267 e. The highest BCUT2D eigenvalue weighted by Crippen LogP contribution is 2.23. The topological polar surface area (TPSA) is 86.1 Å². The molecule has 0 saturated carbocycles. The number of hydrogen-bond acceptors (Lipinski definition) is 5. The van der Waals surface area contributed by atoms with Gasteiger partial charge >= 0.3 is 0 Å². The molecule has 1 amide bonds. The standard InChI is InChI=1S/C23H19FN4O3/c1-3-31-20-9-5-4-7-16(20)22(29)27-19-13-15(10-11-18(19)24)28-14(2)26-21-17(23(28)30)8-6-12-25-21/h4-13H,3H2,1-2H3,(H,27,29). The van der Waals surface area contributed by atoms with Crippen molar-refractivity contribution in [2.24, 2.45) is 0 Å². The molecule has 0 unspecified atom stereocenters. The van der Waals surface area contributed by atoms with Crippen molar-refractivity contribution in [3.63, 3.8) is 0 Å². The van der Waals surface area contributed by atoms with Crippen LogP contribution in [-0.2, 0) is 0 Å². The predicted molar refractivity (Wildman–Crippen MR) is 115 cm³/mol. The van der Waals surface area contributed by atoms with Crippen LogP contribution in [0.4, 0.5) is 10.1 Å². The molecule has 8 heteroatoms. The lowest BCUT2D eigenvalue weighted by molar-refractivity contribution is 0.102. The van der Waals surface area contributed by atoms with E-state index in [1.807, 2.05) is 6.92 Å². The first-order valence-electron chi connectivity index (χ1n) is 9.67. The van der Waals surface area contributed by atoms with Gasteiger partial charge in [-0.05, 0) is 56.3 Å². The monoisotopic (exact) mass is 418 g/mol. The van der Waals surface area contributed by atoms with Crippen LogP contribution >= 0.6 is 0 Å². The van der Waals surface area contributed by atoms with E-state index >= 15 is 0 Å². The summed E-state index contributed by atoms with van der Waals surface area (Å²) in [6.45, 7) is 3.86. The van der Waals surface area contributed by atoms with Crippen LogP contribution in [0.15, 0.2) is 65.6 Å². The lowest BCUT2D eigenvalue weighted by atomic mass is 10.1. The third kappa shape index (κ3) is 3.87. The predicted octanol–water partition coefficient (Wildman–Crippen LogP) is 3.88. The Labute approximate surface area is 177 Å². The molecule has 2 heterocycles. The molecule has 156 valence electrons. The van der Waals surface area contributed by atoms with Gasteiger partial charge < -0.3 is 10.1 Å². The summed E-state index contributed by atoms with van der Waals surface area (Å²) in [7, 11) is 0. The molecule has 0 atom stereocenters. The summed E-state index contributed by atoms with van der Waals surface area (Å²) >= 11 is 0. The largest absolute Gasteiger partial charge is 0.493 e. The Bertz CT molecular complexity index is 1350. The number of carbonyl (C=O) groups is 1. The van der Waals surface area contributed by atoms with Gasteiger partial charge in [0.05, 0.1) is 28.9 Å². The minimum absolute atomic E-state index is 0.0635. The molecule has 0 spiro atoms. The Balaban J connectivity index is 1.75. The van der Waals surface area contributed by atoms with Crippen LogP contribution in [0.25, 0.3) is 16.7 Å².